The van der Waals surface area contributed by atoms with Gasteiger partial charge in [0.25, 0.3) is 0 Å². The standard InChI is InChI=1S/C16H26N2S/c1-3-11-6-4-7-12(10-11)16-18-14-9-5-8-13(17-2)15(14)19-16/h11-13,17H,3-10H2,1-2H3. The van der Waals surface area contributed by atoms with Crippen LogP contribution in [0.1, 0.15) is 79.4 Å². The SMILES string of the molecule is CCC1CCCC(c2nc3c(s2)C(NC)CCC3)C1. The molecule has 1 aromatic heterocycles. The van der Waals surface area contributed by atoms with Crippen LogP contribution in [0.15, 0.2) is 0 Å². The smallest absolute Gasteiger partial charge is 0.0962 e. The third-order valence-corrected chi connectivity index (χ3v) is 6.40. The van der Waals surface area contributed by atoms with Crippen molar-refractivity contribution in [3.05, 3.63) is 15.6 Å². The van der Waals surface area contributed by atoms with E-state index in [0.717, 1.165) is 11.8 Å². The van der Waals surface area contributed by atoms with Gasteiger partial charge < -0.3 is 5.32 Å². The van der Waals surface area contributed by atoms with Crippen LogP contribution in [0, 0.1) is 5.92 Å². The second-order valence-corrected chi connectivity index (χ2v) is 7.30. The lowest BCUT2D eigenvalue weighted by atomic mass is 9.80. The number of rotatable bonds is 3. The summed E-state index contributed by atoms with van der Waals surface area (Å²) in [7, 11) is 2.09. The van der Waals surface area contributed by atoms with Crippen molar-refractivity contribution in [3.8, 4) is 0 Å². The summed E-state index contributed by atoms with van der Waals surface area (Å²) in [4.78, 5) is 6.56. The summed E-state index contributed by atoms with van der Waals surface area (Å²) in [5.41, 5.74) is 1.41. The van der Waals surface area contributed by atoms with Gasteiger partial charge in [-0.2, -0.15) is 0 Å². The second kappa shape index (κ2) is 5.92. The van der Waals surface area contributed by atoms with Crippen LogP contribution < -0.4 is 5.32 Å². The predicted molar refractivity (Wildman–Crippen MR) is 81.8 cm³/mol. The summed E-state index contributed by atoms with van der Waals surface area (Å²) < 4.78 is 0. The van der Waals surface area contributed by atoms with Crippen molar-refractivity contribution in [1.82, 2.24) is 10.3 Å². The van der Waals surface area contributed by atoms with E-state index in [-0.39, 0.29) is 0 Å². The largest absolute Gasteiger partial charge is 0.312 e. The normalized spacial score (nSPS) is 31.2. The Morgan fingerprint density at radius 1 is 1.26 bits per heavy atom. The quantitative estimate of drug-likeness (QED) is 0.885. The van der Waals surface area contributed by atoms with Crippen LogP contribution >= 0.6 is 11.3 Å². The zero-order chi connectivity index (χ0) is 13.2. The van der Waals surface area contributed by atoms with Crippen LogP contribution in [-0.4, -0.2) is 12.0 Å². The summed E-state index contributed by atoms with van der Waals surface area (Å²) in [6.07, 6.45) is 10.7. The van der Waals surface area contributed by atoms with Gasteiger partial charge in [0.15, 0.2) is 0 Å². The number of hydrogen-bond acceptors (Lipinski definition) is 3. The Morgan fingerprint density at radius 3 is 2.95 bits per heavy atom. The van der Waals surface area contributed by atoms with E-state index < -0.39 is 0 Å². The fraction of sp³-hybridized carbons (Fsp3) is 0.812. The molecule has 2 nitrogen and oxygen atoms in total. The molecule has 1 N–H and O–H groups in total. The number of aryl methyl sites for hydroxylation is 1. The molecule has 3 unspecified atom stereocenters. The summed E-state index contributed by atoms with van der Waals surface area (Å²) in [6.45, 7) is 2.34. The molecule has 3 rings (SSSR count). The number of thiazole rings is 1. The number of nitrogens with zero attached hydrogens (tertiary/aromatic N) is 1. The number of hydrogen-bond donors (Lipinski definition) is 1. The average molecular weight is 278 g/mol. The topological polar surface area (TPSA) is 24.9 Å². The van der Waals surface area contributed by atoms with Crippen molar-refractivity contribution in [2.75, 3.05) is 7.05 Å². The van der Waals surface area contributed by atoms with Gasteiger partial charge >= 0.3 is 0 Å². The fourth-order valence-electron chi connectivity index (χ4n) is 3.77. The van der Waals surface area contributed by atoms with Crippen LogP contribution in [0.4, 0.5) is 0 Å². The highest BCUT2D eigenvalue weighted by Crippen LogP contribution is 2.42. The summed E-state index contributed by atoms with van der Waals surface area (Å²) >= 11 is 2.01. The van der Waals surface area contributed by atoms with Crippen LogP contribution in [-0.2, 0) is 6.42 Å². The molecule has 0 bridgehead atoms. The molecule has 19 heavy (non-hydrogen) atoms. The summed E-state index contributed by atoms with van der Waals surface area (Å²) in [6, 6.07) is 0.570. The average Bonchev–Trinajstić information content (AvgIpc) is 2.91. The first kappa shape index (κ1) is 13.6. The first-order chi connectivity index (χ1) is 9.31. The molecule has 106 valence electrons. The number of aromatic nitrogens is 1. The molecule has 3 atom stereocenters. The molecule has 1 heterocycles. The van der Waals surface area contributed by atoms with Crippen molar-refractivity contribution in [2.24, 2.45) is 5.92 Å². The fourth-order valence-corrected chi connectivity index (χ4v) is 5.18. The lowest BCUT2D eigenvalue weighted by Crippen LogP contribution is -2.19. The van der Waals surface area contributed by atoms with Crippen LogP contribution in [0.2, 0.25) is 0 Å². The van der Waals surface area contributed by atoms with Crippen LogP contribution in [0.3, 0.4) is 0 Å². The van der Waals surface area contributed by atoms with Crippen LogP contribution in [0.5, 0.6) is 0 Å². The third kappa shape index (κ3) is 2.73. The zero-order valence-corrected chi connectivity index (χ0v) is 13.1. The second-order valence-electron chi connectivity index (χ2n) is 6.23. The number of nitrogens with one attached hydrogen (secondary N) is 1. The lowest BCUT2D eigenvalue weighted by Gasteiger charge is -2.26. The van der Waals surface area contributed by atoms with Gasteiger partial charge in [0.05, 0.1) is 10.7 Å². The highest BCUT2D eigenvalue weighted by Gasteiger charge is 2.28. The first-order valence-electron chi connectivity index (χ1n) is 7.98. The molecular formula is C16H26N2S. The van der Waals surface area contributed by atoms with Gasteiger partial charge in [-0.1, -0.05) is 26.2 Å². The Bertz CT molecular complexity index is 426. The molecule has 0 saturated heterocycles. The Morgan fingerprint density at radius 2 is 2.16 bits per heavy atom. The molecule has 1 saturated carbocycles. The lowest BCUT2D eigenvalue weighted by molar-refractivity contribution is 0.314. The van der Waals surface area contributed by atoms with Gasteiger partial charge in [-0.05, 0) is 45.1 Å². The monoisotopic (exact) mass is 278 g/mol. The highest BCUT2D eigenvalue weighted by atomic mass is 32.1. The van der Waals surface area contributed by atoms with E-state index in [1.54, 1.807) is 4.88 Å². The van der Waals surface area contributed by atoms with Gasteiger partial charge in [-0.3, -0.25) is 0 Å². The molecule has 1 aromatic rings. The van der Waals surface area contributed by atoms with E-state index in [2.05, 4.69) is 19.3 Å². The van der Waals surface area contributed by atoms with Crippen molar-refractivity contribution < 1.29 is 0 Å². The van der Waals surface area contributed by atoms with E-state index >= 15 is 0 Å². The van der Waals surface area contributed by atoms with E-state index in [0.29, 0.717) is 6.04 Å². The predicted octanol–water partition coefficient (Wildman–Crippen LogP) is 4.42. The van der Waals surface area contributed by atoms with Gasteiger partial charge in [0, 0.05) is 16.8 Å². The van der Waals surface area contributed by atoms with Crippen molar-refractivity contribution in [3.63, 3.8) is 0 Å². The minimum absolute atomic E-state index is 0.570. The third-order valence-electron chi connectivity index (χ3n) is 5.02. The van der Waals surface area contributed by atoms with Gasteiger partial charge in [0.2, 0.25) is 0 Å². The van der Waals surface area contributed by atoms with Crippen molar-refractivity contribution in [1.29, 1.82) is 0 Å². The first-order valence-corrected chi connectivity index (χ1v) is 8.80. The van der Waals surface area contributed by atoms with Crippen molar-refractivity contribution >= 4 is 11.3 Å². The zero-order valence-electron chi connectivity index (χ0n) is 12.2. The van der Waals surface area contributed by atoms with E-state index in [9.17, 15) is 0 Å². The highest BCUT2D eigenvalue weighted by molar-refractivity contribution is 7.12. The Balaban J connectivity index is 1.80. The van der Waals surface area contributed by atoms with Crippen LogP contribution in [0.25, 0.3) is 0 Å². The minimum Gasteiger partial charge on any atom is -0.312 e. The maximum atomic E-state index is 5.02. The molecule has 0 radical (unpaired) electrons. The van der Waals surface area contributed by atoms with Crippen molar-refractivity contribution in [2.45, 2.75) is 70.3 Å². The molecule has 2 aliphatic rings. The molecule has 0 aromatic carbocycles. The molecule has 0 spiro atoms. The molecule has 1 fully saturated rings. The van der Waals surface area contributed by atoms with Gasteiger partial charge in [-0.25, -0.2) is 4.98 Å². The Hall–Kier alpha value is -0.410. The maximum absolute atomic E-state index is 5.02. The summed E-state index contributed by atoms with van der Waals surface area (Å²) in [5, 5.41) is 4.92. The number of fused-ring (bicyclic) bond motifs is 1. The summed E-state index contributed by atoms with van der Waals surface area (Å²) in [5.74, 6) is 1.70. The van der Waals surface area contributed by atoms with Gasteiger partial charge in [0.1, 0.15) is 0 Å². The minimum atomic E-state index is 0.570. The maximum Gasteiger partial charge on any atom is 0.0962 e. The van der Waals surface area contributed by atoms with E-state index in [1.165, 1.54) is 62.1 Å². The molecular weight excluding hydrogens is 252 g/mol. The Kier molecular flexibility index (Phi) is 4.23. The van der Waals surface area contributed by atoms with Gasteiger partial charge in [-0.15, -0.1) is 11.3 Å². The molecule has 3 heteroatoms. The van der Waals surface area contributed by atoms with E-state index in [4.69, 9.17) is 4.98 Å². The Labute approximate surface area is 121 Å². The molecule has 2 aliphatic carbocycles. The molecule has 0 aliphatic heterocycles. The van der Waals surface area contributed by atoms with E-state index in [1.807, 2.05) is 11.3 Å². The molecule has 0 amide bonds.